The minimum atomic E-state index is -0.424. The number of anilines is 1. The number of halogens is 2. The van der Waals surface area contributed by atoms with Gasteiger partial charge in [0.15, 0.2) is 0 Å². The molecule has 0 bridgehead atoms. The van der Waals surface area contributed by atoms with Crippen LogP contribution in [0.25, 0.3) is 0 Å². The second-order valence-electron chi connectivity index (χ2n) is 5.59. The van der Waals surface area contributed by atoms with Crippen molar-refractivity contribution in [3.8, 4) is 5.75 Å². The van der Waals surface area contributed by atoms with Gasteiger partial charge in [0.2, 0.25) is 5.91 Å². The molecule has 0 spiro atoms. The Hall–Kier alpha value is -1.37. The molecule has 0 heterocycles. The van der Waals surface area contributed by atoms with Gasteiger partial charge in [-0.3, -0.25) is 4.79 Å². The van der Waals surface area contributed by atoms with E-state index in [9.17, 15) is 9.18 Å². The smallest absolute Gasteiger partial charge is 0.224 e. The summed E-state index contributed by atoms with van der Waals surface area (Å²) in [6, 6.07) is 4.14. The Bertz CT molecular complexity index is 516. The number of methoxy groups -OCH3 is 1. The normalized spacial score (nSPS) is 20.0. The molecule has 1 amide bonds. The molecule has 130 valence electrons. The molecule has 2 atom stereocenters. The first-order chi connectivity index (χ1) is 10.6. The van der Waals surface area contributed by atoms with Crippen LogP contribution < -0.4 is 15.8 Å². The van der Waals surface area contributed by atoms with Crippen LogP contribution in [0, 0.1) is 11.7 Å². The Morgan fingerprint density at radius 1 is 1.39 bits per heavy atom. The predicted octanol–water partition coefficient (Wildman–Crippen LogP) is 2.73. The molecular weight excluding hydrogens is 323 g/mol. The summed E-state index contributed by atoms with van der Waals surface area (Å²) in [4.78, 5) is 12.1. The number of carbonyl (C=O) groups is 1. The standard InChI is InChI=1S/C16H23FN2O3.ClH/c1-21-7-8-22-15-6-5-12(17)10-14(15)19-16(20)9-11-3-2-4-13(11)18;/h5-6,10-11,13H,2-4,7-9,18H2,1H3,(H,19,20);1H/t11-,13+;/m0./s1. The molecule has 7 heteroatoms. The molecular formula is C16H24ClFN2O3. The number of nitrogens with two attached hydrogens (primary N) is 1. The molecule has 23 heavy (non-hydrogen) atoms. The zero-order valence-corrected chi connectivity index (χ0v) is 14.0. The summed E-state index contributed by atoms with van der Waals surface area (Å²) in [5.74, 6) is 0.0467. The quantitative estimate of drug-likeness (QED) is 0.744. The van der Waals surface area contributed by atoms with Crippen LogP contribution in [0.5, 0.6) is 5.75 Å². The lowest BCUT2D eigenvalue weighted by molar-refractivity contribution is -0.117. The number of rotatable bonds is 7. The molecule has 1 aliphatic carbocycles. The summed E-state index contributed by atoms with van der Waals surface area (Å²) in [5.41, 5.74) is 6.32. The number of hydrogen-bond acceptors (Lipinski definition) is 4. The van der Waals surface area contributed by atoms with Crippen molar-refractivity contribution in [1.29, 1.82) is 0 Å². The molecule has 2 rings (SSSR count). The highest BCUT2D eigenvalue weighted by molar-refractivity contribution is 5.92. The Balaban J connectivity index is 0.00000264. The van der Waals surface area contributed by atoms with Crippen LogP contribution in [0.3, 0.4) is 0 Å². The summed E-state index contributed by atoms with van der Waals surface area (Å²) in [6.07, 6.45) is 3.35. The van der Waals surface area contributed by atoms with E-state index in [-0.39, 0.29) is 30.3 Å². The van der Waals surface area contributed by atoms with Gasteiger partial charge in [-0.1, -0.05) is 6.42 Å². The van der Waals surface area contributed by atoms with E-state index in [1.54, 1.807) is 7.11 Å². The minimum Gasteiger partial charge on any atom is -0.489 e. The number of amides is 1. The molecule has 1 fully saturated rings. The number of carbonyl (C=O) groups excluding carboxylic acids is 1. The first-order valence-corrected chi connectivity index (χ1v) is 7.57. The van der Waals surface area contributed by atoms with Crippen molar-refractivity contribution in [2.75, 3.05) is 25.6 Å². The molecule has 1 saturated carbocycles. The van der Waals surface area contributed by atoms with Crippen molar-refractivity contribution in [3.63, 3.8) is 0 Å². The average molecular weight is 347 g/mol. The van der Waals surface area contributed by atoms with Crippen molar-refractivity contribution in [2.45, 2.75) is 31.7 Å². The first-order valence-electron chi connectivity index (χ1n) is 7.57. The molecule has 1 aromatic rings. The van der Waals surface area contributed by atoms with E-state index >= 15 is 0 Å². The maximum atomic E-state index is 13.4. The van der Waals surface area contributed by atoms with Gasteiger partial charge in [-0.15, -0.1) is 12.4 Å². The molecule has 3 N–H and O–H groups in total. The highest BCUT2D eigenvalue weighted by atomic mass is 35.5. The fourth-order valence-electron chi connectivity index (χ4n) is 2.72. The number of nitrogens with one attached hydrogen (secondary N) is 1. The maximum absolute atomic E-state index is 13.4. The van der Waals surface area contributed by atoms with Gasteiger partial charge < -0.3 is 20.5 Å². The third kappa shape index (κ3) is 5.97. The lowest BCUT2D eigenvalue weighted by Crippen LogP contribution is -2.28. The number of benzene rings is 1. The monoisotopic (exact) mass is 346 g/mol. The second kappa shape index (κ2) is 9.70. The number of hydrogen-bond donors (Lipinski definition) is 2. The highest BCUT2D eigenvalue weighted by Gasteiger charge is 2.26. The third-order valence-corrected chi connectivity index (χ3v) is 3.93. The van der Waals surface area contributed by atoms with E-state index < -0.39 is 5.82 Å². The molecule has 0 radical (unpaired) electrons. The van der Waals surface area contributed by atoms with E-state index in [0.717, 1.165) is 19.3 Å². The van der Waals surface area contributed by atoms with Crippen LogP contribution in [0.2, 0.25) is 0 Å². The van der Waals surface area contributed by atoms with Gasteiger partial charge in [-0.2, -0.15) is 0 Å². The summed E-state index contributed by atoms with van der Waals surface area (Å²) in [6.45, 7) is 0.750. The summed E-state index contributed by atoms with van der Waals surface area (Å²) in [5, 5.41) is 2.73. The zero-order valence-electron chi connectivity index (χ0n) is 13.2. The van der Waals surface area contributed by atoms with E-state index in [0.29, 0.717) is 31.1 Å². The van der Waals surface area contributed by atoms with Crippen molar-refractivity contribution < 1.29 is 18.7 Å². The van der Waals surface area contributed by atoms with Gasteiger partial charge in [0, 0.05) is 25.6 Å². The fraction of sp³-hybridized carbons (Fsp3) is 0.562. The molecule has 1 aromatic carbocycles. The lowest BCUT2D eigenvalue weighted by atomic mass is 10.00. The lowest BCUT2D eigenvalue weighted by Gasteiger charge is -2.16. The largest absolute Gasteiger partial charge is 0.489 e. The topological polar surface area (TPSA) is 73.6 Å². The molecule has 0 saturated heterocycles. The maximum Gasteiger partial charge on any atom is 0.224 e. The Kier molecular flexibility index (Phi) is 8.30. The molecule has 0 unspecified atom stereocenters. The van der Waals surface area contributed by atoms with Gasteiger partial charge in [0.05, 0.1) is 12.3 Å². The third-order valence-electron chi connectivity index (χ3n) is 3.93. The zero-order chi connectivity index (χ0) is 15.9. The van der Waals surface area contributed by atoms with Crippen LogP contribution in [0.1, 0.15) is 25.7 Å². The average Bonchev–Trinajstić information content (AvgIpc) is 2.87. The Morgan fingerprint density at radius 2 is 2.17 bits per heavy atom. The van der Waals surface area contributed by atoms with E-state index in [4.69, 9.17) is 15.2 Å². The van der Waals surface area contributed by atoms with Crippen LogP contribution in [-0.2, 0) is 9.53 Å². The molecule has 0 aromatic heterocycles. The van der Waals surface area contributed by atoms with Crippen molar-refractivity contribution in [1.82, 2.24) is 0 Å². The SMILES string of the molecule is COCCOc1ccc(F)cc1NC(=O)C[C@@H]1CCC[C@H]1N.Cl. The molecule has 1 aliphatic rings. The van der Waals surface area contributed by atoms with Gasteiger partial charge in [-0.05, 0) is 30.9 Å². The summed E-state index contributed by atoms with van der Waals surface area (Å²) >= 11 is 0. The molecule has 0 aliphatic heterocycles. The molecule has 5 nitrogen and oxygen atoms in total. The fourth-order valence-corrected chi connectivity index (χ4v) is 2.72. The summed E-state index contributed by atoms with van der Waals surface area (Å²) < 4.78 is 23.8. The Morgan fingerprint density at radius 3 is 2.83 bits per heavy atom. The van der Waals surface area contributed by atoms with Crippen LogP contribution in [0.4, 0.5) is 10.1 Å². The van der Waals surface area contributed by atoms with E-state index in [1.165, 1.54) is 18.2 Å². The van der Waals surface area contributed by atoms with Gasteiger partial charge >= 0.3 is 0 Å². The first kappa shape index (κ1) is 19.7. The van der Waals surface area contributed by atoms with E-state index in [2.05, 4.69) is 5.32 Å². The van der Waals surface area contributed by atoms with Crippen LogP contribution in [-0.4, -0.2) is 32.3 Å². The van der Waals surface area contributed by atoms with Gasteiger partial charge in [-0.25, -0.2) is 4.39 Å². The van der Waals surface area contributed by atoms with Crippen molar-refractivity contribution >= 4 is 24.0 Å². The number of ether oxygens (including phenoxy) is 2. The highest BCUT2D eigenvalue weighted by Crippen LogP contribution is 2.29. The van der Waals surface area contributed by atoms with Crippen LogP contribution >= 0.6 is 12.4 Å². The van der Waals surface area contributed by atoms with Gasteiger partial charge in [0.25, 0.3) is 0 Å². The van der Waals surface area contributed by atoms with E-state index in [1.807, 2.05) is 0 Å². The van der Waals surface area contributed by atoms with Crippen LogP contribution in [0.15, 0.2) is 18.2 Å². The second-order valence-corrected chi connectivity index (χ2v) is 5.59. The van der Waals surface area contributed by atoms with Crippen molar-refractivity contribution in [3.05, 3.63) is 24.0 Å². The Labute approximate surface area is 142 Å². The predicted molar refractivity (Wildman–Crippen MR) is 89.6 cm³/mol. The van der Waals surface area contributed by atoms with Gasteiger partial charge in [0.1, 0.15) is 18.2 Å². The summed E-state index contributed by atoms with van der Waals surface area (Å²) in [7, 11) is 1.57. The van der Waals surface area contributed by atoms with Crippen molar-refractivity contribution in [2.24, 2.45) is 11.7 Å². The minimum absolute atomic E-state index is 0.